The molecule has 0 heterocycles. The average molecular weight is 547 g/mol. The minimum Gasteiger partial charge on any atom is -0.469 e. The van der Waals surface area contributed by atoms with Crippen LogP contribution in [0.15, 0.2) is 60.7 Å². The van der Waals surface area contributed by atoms with Gasteiger partial charge in [0.05, 0.1) is 44.3 Å². The zero-order chi connectivity index (χ0) is 29.6. The molecular weight excluding hydrogens is 512 g/mol. The lowest BCUT2D eigenvalue weighted by molar-refractivity contribution is -0.151. The third kappa shape index (κ3) is 8.00. The molecule has 0 aliphatic heterocycles. The van der Waals surface area contributed by atoms with Gasteiger partial charge in [-0.05, 0) is 36.8 Å². The van der Waals surface area contributed by atoms with Gasteiger partial charge in [0.25, 0.3) is 0 Å². The van der Waals surface area contributed by atoms with Crippen molar-refractivity contribution in [3.8, 4) is 12.1 Å². The largest absolute Gasteiger partial charge is 0.469 e. The molecule has 2 aromatic rings. The second-order valence-corrected chi connectivity index (χ2v) is 9.52. The van der Waals surface area contributed by atoms with E-state index >= 15 is 0 Å². The zero-order valence-corrected chi connectivity index (χ0v) is 23.1. The number of benzene rings is 2. The van der Waals surface area contributed by atoms with E-state index in [0.29, 0.717) is 19.3 Å². The van der Waals surface area contributed by atoms with Crippen LogP contribution in [0.1, 0.15) is 56.1 Å². The van der Waals surface area contributed by atoms with Crippen molar-refractivity contribution in [2.75, 3.05) is 21.3 Å². The van der Waals surface area contributed by atoms with E-state index in [2.05, 4.69) is 26.3 Å². The molecule has 40 heavy (non-hydrogen) atoms. The molecule has 9 heteroatoms. The monoisotopic (exact) mass is 546 g/mol. The molecule has 1 aliphatic carbocycles. The van der Waals surface area contributed by atoms with Gasteiger partial charge in [-0.25, -0.2) is 0 Å². The van der Waals surface area contributed by atoms with Gasteiger partial charge in [-0.3, -0.25) is 19.2 Å². The molecule has 1 saturated carbocycles. The van der Waals surface area contributed by atoms with Gasteiger partial charge < -0.3 is 14.2 Å². The van der Waals surface area contributed by atoms with E-state index in [9.17, 15) is 29.7 Å². The molecule has 0 N–H and O–H groups in total. The van der Waals surface area contributed by atoms with Gasteiger partial charge in [0.15, 0.2) is 0 Å². The number of ether oxygens (including phenoxy) is 3. The number of esters is 3. The maximum Gasteiger partial charge on any atom is 0.316 e. The quantitative estimate of drug-likeness (QED) is 0.255. The Bertz CT molecular complexity index is 1220. The lowest BCUT2D eigenvalue weighted by Crippen LogP contribution is -2.40. The van der Waals surface area contributed by atoms with Crippen LogP contribution >= 0.6 is 0 Å². The Morgan fingerprint density at radius 2 is 1.40 bits per heavy atom. The number of carbonyl (C=O) groups is 4. The highest BCUT2D eigenvalue weighted by Crippen LogP contribution is 2.40. The van der Waals surface area contributed by atoms with Crippen molar-refractivity contribution in [1.82, 2.24) is 0 Å². The number of nitrogens with zero attached hydrogens (tertiary/aromatic N) is 2. The first kappa shape index (κ1) is 31.7. The van der Waals surface area contributed by atoms with Gasteiger partial charge in [0.1, 0.15) is 11.7 Å². The summed E-state index contributed by atoms with van der Waals surface area (Å²) in [6, 6.07) is 23.1. The second-order valence-electron chi connectivity index (χ2n) is 9.52. The Kier molecular flexibility index (Phi) is 12.0. The number of carbonyl (C=O) groups excluding carboxylic acids is 4. The third-order valence-electron chi connectivity index (χ3n) is 7.27. The van der Waals surface area contributed by atoms with Gasteiger partial charge in [-0.1, -0.05) is 60.7 Å². The molecule has 0 spiro atoms. The van der Waals surface area contributed by atoms with Crippen molar-refractivity contribution in [2.24, 2.45) is 5.92 Å². The number of methoxy groups -OCH3 is 3. The number of ketones is 1. The number of rotatable bonds is 9. The molecule has 0 bridgehead atoms. The molecule has 0 radical (unpaired) electrons. The summed E-state index contributed by atoms with van der Waals surface area (Å²) in [5.41, 5.74) is -0.0169. The van der Waals surface area contributed by atoms with E-state index in [1.165, 1.54) is 21.3 Å². The van der Waals surface area contributed by atoms with E-state index in [1.54, 1.807) is 0 Å². The minimum atomic E-state index is -0.899. The van der Waals surface area contributed by atoms with Gasteiger partial charge in [0, 0.05) is 19.3 Å². The molecule has 210 valence electrons. The van der Waals surface area contributed by atoms with Crippen molar-refractivity contribution in [3.63, 3.8) is 0 Å². The summed E-state index contributed by atoms with van der Waals surface area (Å²) in [5.74, 6) is -2.24. The van der Waals surface area contributed by atoms with E-state index in [0.717, 1.165) is 11.1 Å². The first-order valence-corrected chi connectivity index (χ1v) is 12.9. The molecule has 3 rings (SSSR count). The topological polar surface area (TPSA) is 144 Å². The van der Waals surface area contributed by atoms with Crippen molar-refractivity contribution >= 4 is 23.7 Å². The highest BCUT2D eigenvalue weighted by Gasteiger charge is 2.45. The number of hydrogen-bond acceptors (Lipinski definition) is 9. The van der Waals surface area contributed by atoms with Gasteiger partial charge >= 0.3 is 17.9 Å². The molecule has 0 amide bonds. The van der Waals surface area contributed by atoms with Crippen molar-refractivity contribution in [2.45, 2.75) is 55.8 Å². The molecule has 1 aliphatic rings. The number of hydrogen-bond donors (Lipinski definition) is 0. The molecule has 0 saturated heterocycles. The maximum absolute atomic E-state index is 11.8. The van der Waals surface area contributed by atoms with Crippen LogP contribution in [0, 0.1) is 28.6 Å². The minimum absolute atomic E-state index is 0.125. The standard InChI is InChI=1S/C16H19NO4.C15H15NO3/c1-20-14(18)8-10-16(12-17,11-9-15(19)21-2)13-6-4-3-5-7-13;1-19-14(18)12-9-15(10-16,8-7-13(12)17)11-5-3-2-4-6-11/h3-7H,8-11H2,1-2H3;2-6,12H,7-9H2,1H3. The normalized spacial score (nSPS) is 18.1. The van der Waals surface area contributed by atoms with Crippen LogP contribution in [0.4, 0.5) is 0 Å². The van der Waals surface area contributed by atoms with Crippen LogP contribution < -0.4 is 0 Å². The molecule has 2 aromatic carbocycles. The van der Waals surface area contributed by atoms with Gasteiger partial charge in [-0.2, -0.15) is 10.5 Å². The van der Waals surface area contributed by atoms with Crippen molar-refractivity contribution in [3.05, 3.63) is 71.8 Å². The van der Waals surface area contributed by atoms with E-state index in [-0.39, 0.29) is 43.4 Å². The van der Waals surface area contributed by atoms with Gasteiger partial charge in [0.2, 0.25) is 0 Å². The maximum atomic E-state index is 11.8. The molecule has 2 unspecified atom stereocenters. The molecular formula is C31H34N2O7. The first-order chi connectivity index (χ1) is 19.2. The highest BCUT2D eigenvalue weighted by molar-refractivity contribution is 6.00. The van der Waals surface area contributed by atoms with E-state index in [4.69, 9.17) is 0 Å². The van der Waals surface area contributed by atoms with Crippen LogP contribution in [-0.4, -0.2) is 45.0 Å². The fourth-order valence-electron chi connectivity index (χ4n) is 4.80. The fraction of sp³-hybridized carbons (Fsp3) is 0.419. The summed E-state index contributed by atoms with van der Waals surface area (Å²) >= 11 is 0. The van der Waals surface area contributed by atoms with Crippen LogP contribution in [-0.2, 0) is 44.2 Å². The predicted octanol–water partition coefficient (Wildman–Crippen LogP) is 4.34. The summed E-state index contributed by atoms with van der Waals surface area (Å²) in [5, 5.41) is 19.2. The Morgan fingerprint density at radius 1 is 0.875 bits per heavy atom. The summed E-state index contributed by atoms with van der Waals surface area (Å²) < 4.78 is 13.9. The van der Waals surface area contributed by atoms with Crippen molar-refractivity contribution in [1.29, 1.82) is 10.5 Å². The highest BCUT2D eigenvalue weighted by atomic mass is 16.5. The third-order valence-corrected chi connectivity index (χ3v) is 7.27. The Hall–Kier alpha value is -4.50. The molecule has 0 aromatic heterocycles. The van der Waals surface area contributed by atoms with E-state index < -0.39 is 22.7 Å². The van der Waals surface area contributed by atoms with Crippen LogP contribution in [0.3, 0.4) is 0 Å². The van der Waals surface area contributed by atoms with Gasteiger partial charge in [-0.15, -0.1) is 0 Å². The predicted molar refractivity (Wildman–Crippen MR) is 144 cm³/mol. The number of nitriles is 2. The first-order valence-electron chi connectivity index (χ1n) is 12.9. The summed E-state index contributed by atoms with van der Waals surface area (Å²) in [6.45, 7) is 0. The zero-order valence-electron chi connectivity index (χ0n) is 23.1. The number of Topliss-reactive ketones (excluding diaryl/α,β-unsaturated/α-hetero) is 1. The molecule has 2 atom stereocenters. The SMILES string of the molecule is COC(=O)C1CC(C#N)(c2ccccc2)CCC1=O.COC(=O)CCC(C#N)(CCC(=O)OC)c1ccccc1. The van der Waals surface area contributed by atoms with Crippen molar-refractivity contribution < 1.29 is 33.4 Å². The Morgan fingerprint density at radius 3 is 1.85 bits per heavy atom. The van der Waals surface area contributed by atoms with E-state index in [1.807, 2.05) is 60.7 Å². The molecule has 9 nitrogen and oxygen atoms in total. The smallest absolute Gasteiger partial charge is 0.316 e. The lowest BCUT2D eigenvalue weighted by atomic mass is 9.66. The fourth-order valence-corrected chi connectivity index (χ4v) is 4.80. The summed E-state index contributed by atoms with van der Waals surface area (Å²) in [7, 11) is 3.89. The van der Waals surface area contributed by atoms with Crippen LogP contribution in [0.5, 0.6) is 0 Å². The Balaban J connectivity index is 0.000000281. The van der Waals surface area contributed by atoms with Crippen LogP contribution in [0.25, 0.3) is 0 Å². The summed E-state index contributed by atoms with van der Waals surface area (Å²) in [6.07, 6.45) is 1.76. The second kappa shape index (κ2) is 15.2. The average Bonchev–Trinajstić information content (AvgIpc) is 3.02. The molecule has 1 fully saturated rings. The van der Waals surface area contributed by atoms with Crippen LogP contribution in [0.2, 0.25) is 0 Å². The Labute approximate surface area is 234 Å². The summed E-state index contributed by atoms with van der Waals surface area (Å²) in [4.78, 5) is 46.2. The lowest BCUT2D eigenvalue weighted by Gasteiger charge is -2.34.